The number of aromatic nitrogens is 1. The van der Waals surface area contributed by atoms with Crippen molar-refractivity contribution in [3.8, 4) is 0 Å². The lowest BCUT2D eigenvalue weighted by Crippen LogP contribution is -2.30. The third-order valence-electron chi connectivity index (χ3n) is 5.78. The van der Waals surface area contributed by atoms with Gasteiger partial charge in [0.25, 0.3) is 5.91 Å². The minimum atomic E-state index is -0.720. The molecule has 7 heteroatoms. The highest BCUT2D eigenvalue weighted by Gasteiger charge is 2.47. The molecule has 2 aliphatic heterocycles. The molecule has 3 rings (SSSR count). The highest BCUT2D eigenvalue weighted by molar-refractivity contribution is 5.93. The van der Waals surface area contributed by atoms with Crippen LogP contribution in [0.25, 0.3) is 0 Å². The van der Waals surface area contributed by atoms with Gasteiger partial charge in [0.05, 0.1) is 17.8 Å². The zero-order chi connectivity index (χ0) is 19.9. The van der Waals surface area contributed by atoms with Crippen molar-refractivity contribution in [3.05, 3.63) is 30.1 Å². The first-order chi connectivity index (χ1) is 13.6. The third-order valence-corrected chi connectivity index (χ3v) is 5.78. The molecule has 2 fully saturated rings. The van der Waals surface area contributed by atoms with Crippen LogP contribution in [-0.4, -0.2) is 52.4 Å². The van der Waals surface area contributed by atoms with Crippen molar-refractivity contribution in [2.45, 2.75) is 63.6 Å². The maximum absolute atomic E-state index is 12.4. The summed E-state index contributed by atoms with van der Waals surface area (Å²) in [5.41, 5.74) is 0.518. The number of nitrogens with zero attached hydrogens (tertiary/aromatic N) is 3. The van der Waals surface area contributed by atoms with Gasteiger partial charge in [0.15, 0.2) is 0 Å². The number of hydrogen-bond donors (Lipinski definition) is 1. The number of ether oxygens (including phenoxy) is 1. The Kier molecular flexibility index (Phi) is 7.14. The summed E-state index contributed by atoms with van der Waals surface area (Å²) in [6.07, 6.45) is 12.9. The fourth-order valence-corrected chi connectivity index (χ4v) is 4.31. The Hall–Kier alpha value is -2.28. The fraction of sp³-hybridized carbons (Fsp3) is 0.619. The van der Waals surface area contributed by atoms with Crippen LogP contribution in [-0.2, 0) is 9.53 Å². The van der Waals surface area contributed by atoms with Crippen molar-refractivity contribution >= 4 is 18.1 Å². The normalized spacial score (nSPS) is 26.0. The molecule has 0 spiro atoms. The summed E-state index contributed by atoms with van der Waals surface area (Å²) in [5.74, 6) is -0.225. The maximum atomic E-state index is 12.4. The number of carbonyl (C=O) groups is 2. The summed E-state index contributed by atoms with van der Waals surface area (Å²) in [6.45, 7) is 0. The number of unbranched alkanes of at least 4 members (excludes halogenated alkanes) is 3. The van der Waals surface area contributed by atoms with Crippen molar-refractivity contribution in [3.63, 3.8) is 0 Å². The second kappa shape index (κ2) is 9.78. The molecule has 2 bridgehead atoms. The van der Waals surface area contributed by atoms with Crippen LogP contribution in [0.4, 0.5) is 0 Å². The number of fused-ring (bicyclic) bond motifs is 2. The molecule has 1 N–H and O–H groups in total. The van der Waals surface area contributed by atoms with E-state index in [1.807, 2.05) is 6.21 Å². The van der Waals surface area contributed by atoms with Crippen LogP contribution in [0, 0.1) is 11.8 Å². The van der Waals surface area contributed by atoms with Crippen molar-refractivity contribution in [2.75, 3.05) is 7.05 Å². The number of hydrazone groups is 1. The number of carboxylic acid groups (broad SMARTS) is 1. The van der Waals surface area contributed by atoms with E-state index < -0.39 is 5.97 Å². The molecule has 2 saturated heterocycles. The lowest BCUT2D eigenvalue weighted by atomic mass is 9.77. The predicted molar refractivity (Wildman–Crippen MR) is 105 cm³/mol. The molecule has 2 aliphatic rings. The Balaban J connectivity index is 1.50. The van der Waals surface area contributed by atoms with Gasteiger partial charge in [-0.2, -0.15) is 5.10 Å². The molecular formula is C21H29N3O4. The van der Waals surface area contributed by atoms with Gasteiger partial charge in [0.1, 0.15) is 0 Å². The van der Waals surface area contributed by atoms with Crippen molar-refractivity contribution < 1.29 is 19.4 Å². The van der Waals surface area contributed by atoms with E-state index in [4.69, 9.17) is 9.84 Å². The summed E-state index contributed by atoms with van der Waals surface area (Å²) in [6, 6.07) is 3.47. The molecule has 152 valence electrons. The lowest BCUT2D eigenvalue weighted by molar-refractivity contribution is -0.137. The van der Waals surface area contributed by atoms with E-state index in [0.717, 1.165) is 44.9 Å². The van der Waals surface area contributed by atoms with Gasteiger partial charge in [0, 0.05) is 38.0 Å². The molecule has 1 amide bonds. The first-order valence-corrected chi connectivity index (χ1v) is 10.2. The fourth-order valence-electron chi connectivity index (χ4n) is 4.31. The van der Waals surface area contributed by atoms with E-state index in [1.54, 1.807) is 31.6 Å². The predicted octanol–water partition coefficient (Wildman–Crippen LogP) is 3.36. The molecule has 28 heavy (non-hydrogen) atoms. The van der Waals surface area contributed by atoms with E-state index in [-0.39, 0.29) is 24.3 Å². The van der Waals surface area contributed by atoms with Crippen LogP contribution in [0.5, 0.6) is 0 Å². The minimum absolute atomic E-state index is 0.177. The average molecular weight is 387 g/mol. The number of pyridine rings is 1. The standard InChI is InChI=1S/C21H29N3O4/c1-24(21(27)15-7-6-12-22-13-15)23-14-17-16(18-10-11-19(17)28-18)8-4-2-3-5-9-20(25)26/h6-7,12-14,16-19H,2-5,8-11H2,1H3,(H,25,26)/t16-,17-,18+,19-/m1/s1. The summed E-state index contributed by atoms with van der Waals surface area (Å²) in [4.78, 5) is 27.0. The summed E-state index contributed by atoms with van der Waals surface area (Å²) in [5, 5.41) is 14.5. The number of amides is 1. The monoisotopic (exact) mass is 387 g/mol. The zero-order valence-corrected chi connectivity index (χ0v) is 16.4. The molecule has 0 aromatic carbocycles. The molecule has 0 unspecified atom stereocenters. The summed E-state index contributed by atoms with van der Waals surface area (Å²) >= 11 is 0. The van der Waals surface area contributed by atoms with E-state index in [0.29, 0.717) is 17.6 Å². The molecule has 4 atom stereocenters. The number of carbonyl (C=O) groups excluding carboxylic acids is 1. The van der Waals surface area contributed by atoms with Gasteiger partial charge in [-0.1, -0.05) is 19.3 Å². The van der Waals surface area contributed by atoms with Crippen LogP contribution in [0.1, 0.15) is 61.7 Å². The molecule has 1 aromatic rings. The van der Waals surface area contributed by atoms with Gasteiger partial charge in [-0.3, -0.25) is 14.6 Å². The molecule has 1 aromatic heterocycles. The Morgan fingerprint density at radius 2 is 2.07 bits per heavy atom. The number of aliphatic carboxylic acids is 1. The minimum Gasteiger partial charge on any atom is -0.481 e. The van der Waals surface area contributed by atoms with E-state index in [1.165, 1.54) is 5.01 Å². The van der Waals surface area contributed by atoms with Crippen LogP contribution < -0.4 is 0 Å². The van der Waals surface area contributed by atoms with Crippen molar-refractivity contribution in [1.82, 2.24) is 9.99 Å². The molecule has 0 radical (unpaired) electrons. The molecule has 0 saturated carbocycles. The number of hydrogen-bond acceptors (Lipinski definition) is 5. The van der Waals surface area contributed by atoms with Crippen molar-refractivity contribution in [1.29, 1.82) is 0 Å². The van der Waals surface area contributed by atoms with Gasteiger partial charge in [-0.15, -0.1) is 0 Å². The highest BCUT2D eigenvalue weighted by atomic mass is 16.5. The van der Waals surface area contributed by atoms with Crippen LogP contribution in [0.15, 0.2) is 29.6 Å². The van der Waals surface area contributed by atoms with Gasteiger partial charge < -0.3 is 9.84 Å². The molecular weight excluding hydrogens is 358 g/mol. The highest BCUT2D eigenvalue weighted by Crippen LogP contribution is 2.44. The number of rotatable bonds is 10. The smallest absolute Gasteiger partial charge is 0.303 e. The Labute approximate surface area is 165 Å². The third kappa shape index (κ3) is 5.16. The number of carboxylic acids is 1. The largest absolute Gasteiger partial charge is 0.481 e. The Morgan fingerprint density at radius 1 is 1.29 bits per heavy atom. The SMILES string of the molecule is CN(N=C[C@@H]1[C@@H](CCCCCCC(=O)O)[C@@H]2CC[C@H]1O2)C(=O)c1cccnc1. The van der Waals surface area contributed by atoms with Gasteiger partial charge >= 0.3 is 5.97 Å². The second-order valence-electron chi connectivity index (χ2n) is 7.71. The quantitative estimate of drug-likeness (QED) is 0.378. The first kappa shape index (κ1) is 20.5. The van der Waals surface area contributed by atoms with Crippen LogP contribution in [0.2, 0.25) is 0 Å². The van der Waals surface area contributed by atoms with Gasteiger partial charge in [0.2, 0.25) is 0 Å². The molecule has 0 aliphatic carbocycles. The van der Waals surface area contributed by atoms with Gasteiger partial charge in [-0.05, 0) is 43.7 Å². The zero-order valence-electron chi connectivity index (χ0n) is 16.4. The van der Waals surface area contributed by atoms with Crippen molar-refractivity contribution in [2.24, 2.45) is 16.9 Å². The van der Waals surface area contributed by atoms with E-state index in [2.05, 4.69) is 10.1 Å². The average Bonchev–Trinajstić information content (AvgIpc) is 3.30. The van der Waals surface area contributed by atoms with Crippen LogP contribution >= 0.6 is 0 Å². The van der Waals surface area contributed by atoms with Crippen LogP contribution in [0.3, 0.4) is 0 Å². The summed E-state index contributed by atoms with van der Waals surface area (Å²) < 4.78 is 6.10. The maximum Gasteiger partial charge on any atom is 0.303 e. The molecule has 7 nitrogen and oxygen atoms in total. The lowest BCUT2D eigenvalue weighted by Gasteiger charge is -2.25. The van der Waals surface area contributed by atoms with E-state index in [9.17, 15) is 9.59 Å². The summed E-state index contributed by atoms with van der Waals surface area (Å²) in [7, 11) is 1.66. The Bertz CT molecular complexity index is 694. The molecule has 3 heterocycles. The first-order valence-electron chi connectivity index (χ1n) is 10.2. The van der Waals surface area contributed by atoms with E-state index >= 15 is 0 Å². The topological polar surface area (TPSA) is 92.1 Å². The van der Waals surface area contributed by atoms with Gasteiger partial charge in [-0.25, -0.2) is 5.01 Å². The Morgan fingerprint density at radius 3 is 2.82 bits per heavy atom. The second-order valence-corrected chi connectivity index (χ2v) is 7.71.